The zero-order valence-corrected chi connectivity index (χ0v) is 44.9. The van der Waals surface area contributed by atoms with Crippen molar-refractivity contribution >= 4 is 61.6 Å². The molecule has 1 fully saturated rings. The Hall–Kier alpha value is -9.38. The van der Waals surface area contributed by atoms with Gasteiger partial charge in [0.05, 0.1) is 23.1 Å². The van der Waals surface area contributed by atoms with Crippen LogP contribution < -0.4 is 14.7 Å². The van der Waals surface area contributed by atoms with Crippen LogP contribution in [0.4, 0.5) is 34.1 Å². The molecular formula is C75H62N4. The Morgan fingerprint density at radius 1 is 0.418 bits per heavy atom. The second-order valence-electron chi connectivity index (χ2n) is 22.2. The molecule has 1 aromatic heterocycles. The monoisotopic (exact) mass is 1020 g/mol. The van der Waals surface area contributed by atoms with Gasteiger partial charge < -0.3 is 19.3 Å². The van der Waals surface area contributed by atoms with Crippen molar-refractivity contribution in [2.24, 2.45) is 16.7 Å². The van der Waals surface area contributed by atoms with Gasteiger partial charge in [-0.2, -0.15) is 0 Å². The number of hydrogen-bond donors (Lipinski definition) is 0. The molecule has 0 spiro atoms. The summed E-state index contributed by atoms with van der Waals surface area (Å²) in [6.45, 7) is 7.20. The lowest BCUT2D eigenvalue weighted by Gasteiger charge is -2.43. The molecule has 1 aliphatic heterocycles. The molecule has 0 radical (unpaired) electrons. The summed E-state index contributed by atoms with van der Waals surface area (Å²) in [5.74, 6) is 0.541. The van der Waals surface area contributed by atoms with Crippen molar-refractivity contribution in [1.82, 2.24) is 4.57 Å². The Kier molecular flexibility index (Phi) is 11.9. The molecule has 0 amide bonds. The van der Waals surface area contributed by atoms with Crippen molar-refractivity contribution in [2.45, 2.75) is 39.3 Å². The number of benzene rings is 9. The minimum absolute atomic E-state index is 0.158. The molecule has 9 aromatic carbocycles. The summed E-state index contributed by atoms with van der Waals surface area (Å²) in [5.41, 5.74) is 18.3. The van der Waals surface area contributed by atoms with Crippen LogP contribution >= 0.6 is 0 Å². The van der Waals surface area contributed by atoms with E-state index < -0.39 is 0 Å². The van der Waals surface area contributed by atoms with Gasteiger partial charge in [-0.25, -0.2) is 0 Å². The molecule has 79 heavy (non-hydrogen) atoms. The van der Waals surface area contributed by atoms with Gasteiger partial charge in [0.15, 0.2) is 0 Å². The third-order valence-corrected chi connectivity index (χ3v) is 17.6. The van der Waals surface area contributed by atoms with Gasteiger partial charge in [-0.05, 0) is 143 Å². The van der Waals surface area contributed by atoms with Crippen LogP contribution in [0.2, 0.25) is 0 Å². The van der Waals surface area contributed by atoms with Crippen molar-refractivity contribution in [3.05, 3.63) is 297 Å². The van der Waals surface area contributed by atoms with Gasteiger partial charge in [0.2, 0.25) is 0 Å². The summed E-state index contributed by atoms with van der Waals surface area (Å²) in [5, 5.41) is 2.48. The largest absolute Gasteiger partial charge is 0.357 e. The molecule has 0 N–H and O–H groups in total. The average Bonchev–Trinajstić information content (AvgIpc) is 4.02. The van der Waals surface area contributed by atoms with Crippen molar-refractivity contribution in [3.63, 3.8) is 0 Å². The van der Waals surface area contributed by atoms with Crippen LogP contribution in [0.3, 0.4) is 0 Å². The first kappa shape index (κ1) is 48.0. The van der Waals surface area contributed by atoms with E-state index in [9.17, 15) is 0 Å². The van der Waals surface area contributed by atoms with Gasteiger partial charge in [-0.3, -0.25) is 0 Å². The number of anilines is 6. The SMILES string of the molecule is CC1C=CC(n2c3ccccc3c3cc(N(c4ccc(-c5ccccc5)cc4)c4ccc(-c5ccc(N(C6=CC7(C)C(C=C6)N(c6ccccc6)C6C=CC=CC67C)c6ccc(-c7ccccc7)cc6)cc5)cc4)ccc32)=CC1. The molecule has 4 heteroatoms. The van der Waals surface area contributed by atoms with E-state index in [0.717, 1.165) is 46.0 Å². The van der Waals surface area contributed by atoms with Crippen molar-refractivity contribution < 1.29 is 0 Å². The molecule has 0 bridgehead atoms. The lowest BCUT2D eigenvalue weighted by molar-refractivity contribution is 0.216. The van der Waals surface area contributed by atoms with Gasteiger partial charge in [0, 0.05) is 67.1 Å². The van der Waals surface area contributed by atoms with Gasteiger partial charge in [0.25, 0.3) is 0 Å². The van der Waals surface area contributed by atoms with Crippen LogP contribution in [-0.2, 0) is 0 Å². The molecule has 4 nitrogen and oxygen atoms in total. The number of para-hydroxylation sites is 2. The molecule has 3 aliphatic carbocycles. The summed E-state index contributed by atoms with van der Waals surface area (Å²) in [4.78, 5) is 7.48. The summed E-state index contributed by atoms with van der Waals surface area (Å²) >= 11 is 0. The van der Waals surface area contributed by atoms with Gasteiger partial charge in [0.1, 0.15) is 0 Å². The van der Waals surface area contributed by atoms with E-state index in [2.05, 4.69) is 331 Å². The predicted molar refractivity (Wildman–Crippen MR) is 334 cm³/mol. The molecule has 1 saturated heterocycles. The maximum atomic E-state index is 2.64. The first-order valence-electron chi connectivity index (χ1n) is 28.0. The number of allylic oxidation sites excluding steroid dienone is 7. The summed E-state index contributed by atoms with van der Waals surface area (Å²) < 4.78 is 2.44. The molecule has 5 atom stereocenters. The fraction of sp³-hybridized carbons (Fsp3) is 0.120. The lowest BCUT2D eigenvalue weighted by atomic mass is 9.59. The molecule has 4 aliphatic rings. The zero-order valence-electron chi connectivity index (χ0n) is 44.9. The molecule has 14 rings (SSSR count). The standard InChI is InChI=1S/C75H62N4/c1-53-26-36-65(37-27-53)78-70-24-14-13-23-68(70)69-51-66(46-48-71(69)78)76(61-38-28-56(29-39-61)54-17-7-4-8-18-54)62-40-32-58(33-41-62)59-34-44-64(45-35-59)77(63-42-30-57(31-43-63)55-19-9-5-10-20-55)67-47-49-73-75(3,52-67)74(2)50-16-15-25-72(74)79(73)60-21-11-6-12-22-60/h4-26,28-53,72-73H,27H2,1-3H3. The molecule has 10 aromatic rings. The van der Waals surface area contributed by atoms with Crippen molar-refractivity contribution in [1.29, 1.82) is 0 Å². The van der Waals surface area contributed by atoms with Gasteiger partial charge in [-0.15, -0.1) is 0 Å². The maximum Gasteiger partial charge on any atom is 0.0581 e. The third kappa shape index (κ3) is 8.29. The van der Waals surface area contributed by atoms with E-state index >= 15 is 0 Å². The third-order valence-electron chi connectivity index (χ3n) is 17.6. The van der Waals surface area contributed by atoms with E-state index in [-0.39, 0.29) is 22.9 Å². The highest BCUT2D eigenvalue weighted by Gasteiger charge is 2.61. The van der Waals surface area contributed by atoms with Crippen LogP contribution in [0, 0.1) is 16.7 Å². The topological polar surface area (TPSA) is 14.7 Å². The number of rotatable bonds is 11. The average molecular weight is 1020 g/mol. The number of hydrogen-bond acceptors (Lipinski definition) is 3. The first-order chi connectivity index (χ1) is 38.8. The number of nitrogens with zero attached hydrogens (tertiary/aromatic N) is 4. The van der Waals surface area contributed by atoms with Gasteiger partial charge >= 0.3 is 0 Å². The second kappa shape index (κ2) is 19.6. The van der Waals surface area contributed by atoms with Gasteiger partial charge in [-0.1, -0.05) is 215 Å². The number of fused-ring (bicyclic) bond motifs is 6. The highest BCUT2D eigenvalue weighted by molar-refractivity contribution is 6.12. The number of aromatic nitrogens is 1. The highest BCUT2D eigenvalue weighted by atomic mass is 15.3. The Morgan fingerprint density at radius 3 is 1.46 bits per heavy atom. The van der Waals surface area contributed by atoms with E-state index in [1.165, 1.54) is 61.1 Å². The molecule has 0 saturated carbocycles. The Morgan fingerprint density at radius 2 is 0.899 bits per heavy atom. The van der Waals surface area contributed by atoms with Crippen LogP contribution in [0.1, 0.15) is 27.2 Å². The Bertz CT molecular complexity index is 4070. The fourth-order valence-electron chi connectivity index (χ4n) is 13.2. The van der Waals surface area contributed by atoms with E-state index in [0.29, 0.717) is 5.92 Å². The zero-order chi connectivity index (χ0) is 53.1. The molecule has 2 heterocycles. The highest BCUT2D eigenvalue weighted by Crippen LogP contribution is 2.61. The normalized spacial score (nSPS) is 20.9. The van der Waals surface area contributed by atoms with Crippen LogP contribution in [-0.4, -0.2) is 16.7 Å². The minimum atomic E-state index is -0.228. The van der Waals surface area contributed by atoms with E-state index in [1.807, 2.05) is 0 Å². The second-order valence-corrected chi connectivity index (χ2v) is 22.2. The summed E-state index contributed by atoms with van der Waals surface area (Å²) in [6.07, 6.45) is 24.8. The van der Waals surface area contributed by atoms with Crippen molar-refractivity contribution in [2.75, 3.05) is 14.7 Å². The fourth-order valence-corrected chi connectivity index (χ4v) is 13.2. The molecule has 382 valence electrons. The van der Waals surface area contributed by atoms with Crippen molar-refractivity contribution in [3.8, 4) is 33.4 Å². The smallest absolute Gasteiger partial charge is 0.0581 e. The lowest BCUT2D eigenvalue weighted by Crippen LogP contribution is -2.42. The maximum absolute atomic E-state index is 2.64. The van der Waals surface area contributed by atoms with Crippen LogP contribution in [0.5, 0.6) is 0 Å². The summed E-state index contributed by atoms with van der Waals surface area (Å²) in [7, 11) is 0. The van der Waals surface area contributed by atoms with E-state index in [4.69, 9.17) is 0 Å². The quantitative estimate of drug-likeness (QED) is 0.128. The minimum Gasteiger partial charge on any atom is -0.357 e. The Balaban J connectivity index is 0.828. The predicted octanol–water partition coefficient (Wildman–Crippen LogP) is 19.7. The van der Waals surface area contributed by atoms with Crippen LogP contribution in [0.25, 0.3) is 60.9 Å². The van der Waals surface area contributed by atoms with Crippen LogP contribution in [0.15, 0.2) is 297 Å². The van der Waals surface area contributed by atoms with E-state index in [1.54, 1.807) is 0 Å². The first-order valence-corrected chi connectivity index (χ1v) is 28.0. The molecule has 5 unspecified atom stereocenters. The Labute approximate surface area is 464 Å². The summed E-state index contributed by atoms with van der Waals surface area (Å²) in [6, 6.07) is 84.8. The molecular weight excluding hydrogens is 957 g/mol.